The summed E-state index contributed by atoms with van der Waals surface area (Å²) in [5.41, 5.74) is 0.886. The largest absolute Gasteiger partial charge is 0.505 e. The maximum absolute atomic E-state index is 9.60. The predicted octanol–water partition coefficient (Wildman–Crippen LogP) is 5.09. The first-order valence-corrected chi connectivity index (χ1v) is 6.35. The summed E-state index contributed by atoms with van der Waals surface area (Å²) in [5.74, 6) is 0.157. The van der Waals surface area contributed by atoms with Gasteiger partial charge < -0.3 is 5.11 Å². The minimum atomic E-state index is 0.157. The smallest absolute Gasteiger partial charge is 0.146 e. The van der Waals surface area contributed by atoms with Gasteiger partial charge in [-0.3, -0.25) is 0 Å². The first kappa shape index (κ1) is 11.8. The van der Waals surface area contributed by atoms with Crippen molar-refractivity contribution in [2.24, 2.45) is 0 Å². The number of halogens is 4. The molecule has 1 aromatic rings. The summed E-state index contributed by atoms with van der Waals surface area (Å²) in [4.78, 5) is 0. The van der Waals surface area contributed by atoms with E-state index in [0.29, 0.717) is 8.95 Å². The Hall–Kier alpha value is 0.680. The van der Waals surface area contributed by atoms with Crippen LogP contribution in [0.3, 0.4) is 0 Å². The molecule has 13 heavy (non-hydrogen) atoms. The van der Waals surface area contributed by atoms with Gasteiger partial charge in [-0.1, -0.05) is 12.7 Å². The van der Waals surface area contributed by atoms with E-state index >= 15 is 0 Å². The topological polar surface area (TPSA) is 20.2 Å². The van der Waals surface area contributed by atoms with Crippen LogP contribution >= 0.6 is 63.7 Å². The molecular formula is C8H4Br4O. The Labute approximate surface area is 110 Å². The molecule has 0 bridgehead atoms. The highest BCUT2D eigenvalue weighted by molar-refractivity contribution is 9.14. The summed E-state index contributed by atoms with van der Waals surface area (Å²) < 4.78 is 2.76. The average Bonchev–Trinajstić information content (AvgIpc) is 2.13. The molecule has 0 heterocycles. The van der Waals surface area contributed by atoms with Crippen molar-refractivity contribution in [1.82, 2.24) is 0 Å². The monoisotopic (exact) mass is 432 g/mol. The van der Waals surface area contributed by atoms with Gasteiger partial charge in [0.1, 0.15) is 5.75 Å². The lowest BCUT2D eigenvalue weighted by atomic mass is 10.2. The first-order valence-electron chi connectivity index (χ1n) is 3.18. The van der Waals surface area contributed by atoms with Crippen molar-refractivity contribution >= 4 is 69.8 Å². The minimum Gasteiger partial charge on any atom is -0.505 e. The predicted molar refractivity (Wildman–Crippen MR) is 69.0 cm³/mol. The van der Waals surface area contributed by atoms with Crippen LogP contribution in [0.5, 0.6) is 5.75 Å². The van der Waals surface area contributed by atoms with E-state index in [1.165, 1.54) is 0 Å². The van der Waals surface area contributed by atoms with E-state index < -0.39 is 0 Å². The van der Waals surface area contributed by atoms with Crippen LogP contribution in [-0.4, -0.2) is 5.11 Å². The summed E-state index contributed by atoms with van der Waals surface area (Å²) in [7, 11) is 0. The molecule has 0 fully saturated rings. The average molecular weight is 436 g/mol. The van der Waals surface area contributed by atoms with Crippen LogP contribution < -0.4 is 0 Å². The highest BCUT2D eigenvalue weighted by Gasteiger charge is 2.16. The SMILES string of the molecule is C=Cc1c(Br)c(Br)c(O)c(Br)c1Br. The van der Waals surface area contributed by atoms with Gasteiger partial charge in [0.15, 0.2) is 0 Å². The molecule has 1 nitrogen and oxygen atoms in total. The van der Waals surface area contributed by atoms with Gasteiger partial charge in [0.2, 0.25) is 0 Å². The first-order chi connectivity index (χ1) is 6.00. The second kappa shape index (κ2) is 4.47. The molecule has 70 valence electrons. The summed E-state index contributed by atoms with van der Waals surface area (Å²) in [6.07, 6.45) is 1.70. The van der Waals surface area contributed by atoms with Crippen molar-refractivity contribution in [1.29, 1.82) is 0 Å². The number of aromatic hydroxyl groups is 1. The van der Waals surface area contributed by atoms with Crippen molar-refractivity contribution in [3.05, 3.63) is 30.0 Å². The van der Waals surface area contributed by atoms with E-state index in [0.717, 1.165) is 14.5 Å². The Bertz CT molecular complexity index is 344. The molecule has 0 aliphatic rings. The van der Waals surface area contributed by atoms with Crippen molar-refractivity contribution in [2.45, 2.75) is 0 Å². The summed E-state index contributed by atoms with van der Waals surface area (Å²) in [5, 5.41) is 9.60. The Morgan fingerprint density at radius 2 is 1.31 bits per heavy atom. The van der Waals surface area contributed by atoms with Gasteiger partial charge in [0.25, 0.3) is 0 Å². The lowest BCUT2D eigenvalue weighted by Crippen LogP contribution is -1.84. The lowest BCUT2D eigenvalue weighted by Gasteiger charge is -2.09. The van der Waals surface area contributed by atoms with Crippen LogP contribution in [0.4, 0.5) is 0 Å². The van der Waals surface area contributed by atoms with Crippen molar-refractivity contribution < 1.29 is 5.11 Å². The van der Waals surface area contributed by atoms with Crippen LogP contribution in [0.1, 0.15) is 5.56 Å². The molecule has 0 saturated heterocycles. The molecule has 0 aliphatic carbocycles. The molecule has 5 heteroatoms. The van der Waals surface area contributed by atoms with Crippen LogP contribution in [0, 0.1) is 0 Å². The van der Waals surface area contributed by atoms with Crippen molar-refractivity contribution in [2.75, 3.05) is 0 Å². The maximum atomic E-state index is 9.60. The van der Waals surface area contributed by atoms with E-state index in [9.17, 15) is 5.11 Å². The van der Waals surface area contributed by atoms with E-state index in [-0.39, 0.29) is 5.75 Å². The number of benzene rings is 1. The van der Waals surface area contributed by atoms with E-state index in [1.807, 2.05) is 0 Å². The Kier molecular flexibility index (Phi) is 4.04. The number of hydrogen-bond acceptors (Lipinski definition) is 1. The van der Waals surface area contributed by atoms with Gasteiger partial charge in [-0.15, -0.1) is 0 Å². The molecule has 0 unspecified atom stereocenters. The van der Waals surface area contributed by atoms with Gasteiger partial charge in [-0.05, 0) is 63.7 Å². The summed E-state index contributed by atoms with van der Waals surface area (Å²) in [6.45, 7) is 3.68. The molecule has 0 aromatic heterocycles. The molecule has 0 aliphatic heterocycles. The minimum absolute atomic E-state index is 0.157. The van der Waals surface area contributed by atoms with Crippen LogP contribution in [0.15, 0.2) is 24.5 Å². The maximum Gasteiger partial charge on any atom is 0.146 e. The molecule has 1 N–H and O–H groups in total. The lowest BCUT2D eigenvalue weighted by molar-refractivity contribution is 0.467. The van der Waals surface area contributed by atoms with E-state index in [1.54, 1.807) is 6.08 Å². The second-order valence-corrected chi connectivity index (χ2v) is 5.39. The second-order valence-electron chi connectivity index (χ2n) is 2.22. The Morgan fingerprint density at radius 3 is 1.62 bits per heavy atom. The highest BCUT2D eigenvalue weighted by atomic mass is 79.9. The number of phenolic OH excluding ortho intramolecular Hbond substituents is 1. The van der Waals surface area contributed by atoms with Gasteiger partial charge >= 0.3 is 0 Å². The normalized spacial score (nSPS) is 10.2. The van der Waals surface area contributed by atoms with E-state index in [4.69, 9.17) is 0 Å². The standard InChI is InChI=1S/C8H4Br4O/c1-2-3-4(9)6(11)8(13)7(12)5(3)10/h2,13H,1H2. The van der Waals surface area contributed by atoms with Crippen LogP contribution in [0.2, 0.25) is 0 Å². The molecule has 0 saturated carbocycles. The number of rotatable bonds is 1. The summed E-state index contributed by atoms with van der Waals surface area (Å²) >= 11 is 13.2. The van der Waals surface area contributed by atoms with Gasteiger partial charge in [-0.2, -0.15) is 0 Å². The molecular weight excluding hydrogens is 432 g/mol. The van der Waals surface area contributed by atoms with Crippen LogP contribution in [0.25, 0.3) is 6.08 Å². The molecule has 0 radical (unpaired) electrons. The fraction of sp³-hybridized carbons (Fsp3) is 0. The van der Waals surface area contributed by atoms with Crippen LogP contribution in [-0.2, 0) is 0 Å². The third-order valence-corrected chi connectivity index (χ3v) is 5.73. The zero-order valence-corrected chi connectivity index (χ0v) is 12.6. The van der Waals surface area contributed by atoms with E-state index in [2.05, 4.69) is 70.3 Å². The zero-order chi connectivity index (χ0) is 10.2. The molecule has 1 rings (SSSR count). The fourth-order valence-electron chi connectivity index (χ4n) is 0.816. The molecule has 0 spiro atoms. The molecule has 0 atom stereocenters. The fourth-order valence-corrected chi connectivity index (χ4v) is 3.27. The third kappa shape index (κ3) is 2.03. The molecule has 1 aromatic carbocycles. The van der Waals surface area contributed by atoms with Crippen molar-refractivity contribution in [3.63, 3.8) is 0 Å². The zero-order valence-electron chi connectivity index (χ0n) is 6.24. The quantitative estimate of drug-likeness (QED) is 0.610. The third-order valence-electron chi connectivity index (χ3n) is 1.48. The Morgan fingerprint density at radius 1 is 0.923 bits per heavy atom. The van der Waals surface area contributed by atoms with Crippen molar-refractivity contribution in [3.8, 4) is 5.75 Å². The molecule has 0 amide bonds. The van der Waals surface area contributed by atoms with Gasteiger partial charge in [0, 0.05) is 14.5 Å². The van der Waals surface area contributed by atoms with Gasteiger partial charge in [0.05, 0.1) is 8.95 Å². The summed E-state index contributed by atoms with van der Waals surface area (Å²) in [6, 6.07) is 0. The highest BCUT2D eigenvalue weighted by Crippen LogP contribution is 2.45. The number of phenols is 1. The number of hydrogen-bond donors (Lipinski definition) is 1. The Balaban J connectivity index is 3.66. The van der Waals surface area contributed by atoms with Gasteiger partial charge in [-0.25, -0.2) is 0 Å².